The van der Waals surface area contributed by atoms with Gasteiger partial charge in [-0.1, -0.05) is 13.8 Å². The quantitative estimate of drug-likeness (QED) is 0.0563. The van der Waals surface area contributed by atoms with E-state index in [1.807, 2.05) is 0 Å². The maximum Gasteiger partial charge on any atom is 0.326 e. The van der Waals surface area contributed by atoms with Crippen LogP contribution in [0.25, 0.3) is 0 Å². The van der Waals surface area contributed by atoms with Gasteiger partial charge in [0.1, 0.15) is 18.1 Å². The molecule has 5 unspecified atom stereocenters. The smallest absolute Gasteiger partial charge is 0.326 e. The lowest BCUT2D eigenvalue weighted by Gasteiger charge is -2.28. The number of nitrogens with two attached hydrogens (primary N) is 4. The molecule has 0 heterocycles. The molecule has 0 aliphatic rings. The Bertz CT molecular complexity index is 783. The lowest BCUT2D eigenvalue weighted by atomic mass is 10.0. The third kappa shape index (κ3) is 12.5. The van der Waals surface area contributed by atoms with Gasteiger partial charge in [-0.2, -0.15) is 0 Å². The Kier molecular flexibility index (Phi) is 13.9. The van der Waals surface area contributed by atoms with Crippen LogP contribution in [0, 0.1) is 5.92 Å². The molecule has 15 nitrogen and oxygen atoms in total. The maximum absolute atomic E-state index is 12.8. The molecule has 0 aromatic rings. The van der Waals surface area contributed by atoms with Crippen molar-refractivity contribution < 1.29 is 34.2 Å². The Balaban J connectivity index is 5.28. The van der Waals surface area contributed by atoms with Gasteiger partial charge in [-0.15, -0.1) is 0 Å². The summed E-state index contributed by atoms with van der Waals surface area (Å²) in [4.78, 5) is 64.0. The van der Waals surface area contributed by atoms with Crippen molar-refractivity contribution in [3.63, 3.8) is 0 Å². The van der Waals surface area contributed by atoms with Crippen LogP contribution >= 0.6 is 0 Å². The van der Waals surface area contributed by atoms with Crippen LogP contribution in [0.4, 0.5) is 0 Å². The molecular weight excluding hydrogens is 464 g/mol. The van der Waals surface area contributed by atoms with Gasteiger partial charge in [0.15, 0.2) is 5.96 Å². The first kappa shape index (κ1) is 31.5. The van der Waals surface area contributed by atoms with E-state index in [2.05, 4.69) is 20.9 Å². The van der Waals surface area contributed by atoms with Crippen molar-refractivity contribution in [2.75, 3.05) is 6.54 Å². The van der Waals surface area contributed by atoms with Crippen molar-refractivity contribution >= 4 is 35.6 Å². The number of amides is 4. The van der Waals surface area contributed by atoms with Crippen molar-refractivity contribution in [3.05, 3.63) is 0 Å². The molecule has 0 spiro atoms. The summed E-state index contributed by atoms with van der Waals surface area (Å²) in [7, 11) is 0. The highest BCUT2D eigenvalue weighted by Crippen LogP contribution is 2.07. The van der Waals surface area contributed by atoms with Gasteiger partial charge in [0.05, 0.1) is 12.1 Å². The summed E-state index contributed by atoms with van der Waals surface area (Å²) >= 11 is 0. The minimum atomic E-state index is -1.47. The van der Waals surface area contributed by atoms with Crippen LogP contribution in [0.5, 0.6) is 0 Å². The Hall–Kier alpha value is -3.46. The molecule has 13 N–H and O–H groups in total. The molecule has 0 fully saturated rings. The predicted octanol–water partition coefficient (Wildman–Crippen LogP) is -3.79. The van der Waals surface area contributed by atoms with E-state index in [0.717, 1.165) is 0 Å². The fraction of sp³-hybridized carbons (Fsp3) is 0.700. The largest absolute Gasteiger partial charge is 0.480 e. The van der Waals surface area contributed by atoms with Gasteiger partial charge in [-0.25, -0.2) is 4.79 Å². The first-order valence-corrected chi connectivity index (χ1v) is 11.1. The molecule has 0 aromatic carbocycles. The average Bonchev–Trinajstić information content (AvgIpc) is 2.74. The van der Waals surface area contributed by atoms with E-state index in [-0.39, 0.29) is 38.2 Å². The number of carbonyl (C=O) groups excluding carboxylic acids is 4. The molecule has 5 atom stereocenters. The summed E-state index contributed by atoms with van der Waals surface area (Å²) < 4.78 is 0. The van der Waals surface area contributed by atoms with Crippen molar-refractivity contribution in [1.29, 1.82) is 0 Å². The van der Waals surface area contributed by atoms with Crippen LogP contribution in [0.1, 0.15) is 46.5 Å². The second-order valence-corrected chi connectivity index (χ2v) is 8.42. The van der Waals surface area contributed by atoms with Crippen molar-refractivity contribution in [2.24, 2.45) is 33.8 Å². The van der Waals surface area contributed by atoms with Gasteiger partial charge in [-0.3, -0.25) is 24.2 Å². The zero-order chi connectivity index (χ0) is 27.3. The minimum Gasteiger partial charge on any atom is -0.480 e. The zero-order valence-electron chi connectivity index (χ0n) is 20.2. The van der Waals surface area contributed by atoms with Gasteiger partial charge >= 0.3 is 5.97 Å². The number of nitrogens with zero attached hydrogens (tertiary/aromatic N) is 1. The molecular formula is C20H38N8O7. The summed E-state index contributed by atoms with van der Waals surface area (Å²) in [5, 5.41) is 26.5. The number of aliphatic hydroxyl groups excluding tert-OH is 1. The second kappa shape index (κ2) is 15.4. The van der Waals surface area contributed by atoms with Crippen LogP contribution in [0.3, 0.4) is 0 Å². The summed E-state index contributed by atoms with van der Waals surface area (Å²) in [6, 6.07) is -5.06. The molecule has 0 aromatic heterocycles. The fourth-order valence-corrected chi connectivity index (χ4v) is 2.89. The third-order valence-electron chi connectivity index (χ3n) is 4.91. The number of primary amides is 1. The normalized spacial score (nSPS) is 15.1. The number of guanidine groups is 1. The number of aliphatic hydroxyl groups is 1. The first-order chi connectivity index (χ1) is 16.2. The van der Waals surface area contributed by atoms with E-state index in [0.29, 0.717) is 0 Å². The molecule has 200 valence electrons. The van der Waals surface area contributed by atoms with Gasteiger partial charge < -0.3 is 49.1 Å². The van der Waals surface area contributed by atoms with Gasteiger partial charge in [0.2, 0.25) is 23.6 Å². The van der Waals surface area contributed by atoms with E-state index in [1.54, 1.807) is 13.8 Å². The lowest BCUT2D eigenvalue weighted by molar-refractivity contribution is -0.143. The average molecular weight is 503 g/mol. The van der Waals surface area contributed by atoms with Gasteiger partial charge in [0, 0.05) is 13.0 Å². The highest BCUT2D eigenvalue weighted by molar-refractivity contribution is 5.94. The number of rotatable bonds is 16. The van der Waals surface area contributed by atoms with Crippen LogP contribution in [0.2, 0.25) is 0 Å². The molecule has 0 rings (SSSR count). The number of carboxylic acid groups (broad SMARTS) is 1. The van der Waals surface area contributed by atoms with Gasteiger partial charge in [-0.05, 0) is 32.1 Å². The topological polar surface area (TPSA) is 278 Å². The second-order valence-electron chi connectivity index (χ2n) is 8.42. The zero-order valence-corrected chi connectivity index (χ0v) is 20.2. The summed E-state index contributed by atoms with van der Waals surface area (Å²) in [5.74, 6) is -5.00. The molecule has 0 saturated carbocycles. The molecule has 0 aliphatic carbocycles. The molecule has 35 heavy (non-hydrogen) atoms. The molecule has 15 heteroatoms. The minimum absolute atomic E-state index is 0.0339. The first-order valence-electron chi connectivity index (χ1n) is 11.1. The summed E-state index contributed by atoms with van der Waals surface area (Å²) in [6.45, 7) is 4.66. The summed E-state index contributed by atoms with van der Waals surface area (Å²) in [5.41, 5.74) is 21.2. The summed E-state index contributed by atoms with van der Waals surface area (Å²) in [6.07, 6.45) is -1.26. The van der Waals surface area contributed by atoms with Crippen LogP contribution in [0.15, 0.2) is 4.99 Å². The van der Waals surface area contributed by atoms with Crippen molar-refractivity contribution in [2.45, 2.75) is 76.7 Å². The van der Waals surface area contributed by atoms with E-state index >= 15 is 0 Å². The Morgan fingerprint density at radius 1 is 0.857 bits per heavy atom. The number of carboxylic acids is 1. The Morgan fingerprint density at radius 3 is 1.86 bits per heavy atom. The standard InChI is InChI=1S/C20H38N8O7/c1-9(2)14(17(32)26-12(19(34)35)5-4-8-25-20(23)24)27-18(33)15(10(3)29)28-16(31)11(21)6-7-13(22)30/h9-12,14-15,29H,4-8,21H2,1-3H3,(H2,22,30)(H,26,32)(H,27,33)(H,28,31)(H,34,35)(H4,23,24,25). The molecule has 0 saturated heterocycles. The van der Waals surface area contributed by atoms with E-state index in [9.17, 15) is 34.2 Å². The van der Waals surface area contributed by atoms with E-state index in [4.69, 9.17) is 22.9 Å². The lowest BCUT2D eigenvalue weighted by Crippen LogP contribution is -2.60. The van der Waals surface area contributed by atoms with Crippen LogP contribution < -0.4 is 38.9 Å². The van der Waals surface area contributed by atoms with E-state index in [1.165, 1.54) is 6.92 Å². The number of nitrogens with one attached hydrogen (secondary N) is 3. The number of aliphatic carboxylic acids is 1. The Labute approximate surface area is 203 Å². The number of hydrogen-bond acceptors (Lipinski definition) is 8. The van der Waals surface area contributed by atoms with Crippen molar-refractivity contribution in [1.82, 2.24) is 16.0 Å². The highest BCUT2D eigenvalue weighted by Gasteiger charge is 2.33. The molecule has 4 amide bonds. The van der Waals surface area contributed by atoms with Gasteiger partial charge in [0.25, 0.3) is 0 Å². The maximum atomic E-state index is 12.8. The van der Waals surface area contributed by atoms with Crippen LogP contribution in [-0.2, 0) is 24.0 Å². The molecule has 0 bridgehead atoms. The molecule has 0 aliphatic heterocycles. The fourth-order valence-electron chi connectivity index (χ4n) is 2.89. The third-order valence-corrected chi connectivity index (χ3v) is 4.91. The monoisotopic (exact) mass is 502 g/mol. The SMILES string of the molecule is CC(C)C(NC(=O)C(NC(=O)C(N)CCC(N)=O)C(C)O)C(=O)NC(CCCN=C(N)N)C(=O)O. The number of aliphatic imine (C=N–C) groups is 1. The highest BCUT2D eigenvalue weighted by atomic mass is 16.4. The van der Waals surface area contributed by atoms with Crippen molar-refractivity contribution in [3.8, 4) is 0 Å². The molecule has 0 radical (unpaired) electrons. The van der Waals surface area contributed by atoms with E-state index < -0.39 is 65.8 Å². The van der Waals surface area contributed by atoms with Crippen LogP contribution in [-0.4, -0.2) is 82.6 Å². The number of hydrogen-bond donors (Lipinski definition) is 9. The Morgan fingerprint density at radius 2 is 1.40 bits per heavy atom. The number of carbonyl (C=O) groups is 5. The predicted molar refractivity (Wildman–Crippen MR) is 126 cm³/mol.